The number of benzene rings is 1. The van der Waals surface area contributed by atoms with E-state index in [0.29, 0.717) is 30.3 Å². The molecule has 3 heterocycles. The van der Waals surface area contributed by atoms with Crippen molar-refractivity contribution >= 4 is 17.6 Å². The van der Waals surface area contributed by atoms with Crippen LogP contribution in [0.2, 0.25) is 0 Å². The predicted octanol–water partition coefficient (Wildman–Crippen LogP) is 2.08. The molecule has 2 aliphatic heterocycles. The molecule has 0 spiro atoms. The number of carbonyl (C=O) groups is 2. The number of likely N-dealkylation sites (tertiary alicyclic amines) is 1. The Hall–Kier alpha value is -2.93. The molecule has 1 aromatic carbocycles. The number of fused-ring (bicyclic) bond motifs is 4. The molecular weight excluding hydrogens is 370 g/mol. The molecule has 2 atom stereocenters. The summed E-state index contributed by atoms with van der Waals surface area (Å²) < 4.78 is 6.85. The van der Waals surface area contributed by atoms with Crippen LogP contribution in [-0.4, -0.2) is 47.6 Å². The van der Waals surface area contributed by atoms with E-state index in [1.165, 1.54) is 0 Å². The second-order valence-corrected chi connectivity index (χ2v) is 7.74. The molecule has 0 unspecified atom stereocenters. The number of anilines is 1. The summed E-state index contributed by atoms with van der Waals surface area (Å²) in [5.41, 5.74) is 2.25. The van der Waals surface area contributed by atoms with Crippen molar-refractivity contribution in [1.29, 1.82) is 0 Å². The molecule has 1 fully saturated rings. The molecule has 152 valence electrons. The van der Waals surface area contributed by atoms with Crippen LogP contribution in [0, 0.1) is 5.92 Å². The third kappa shape index (κ3) is 4.24. The Bertz CT molecular complexity index is 967. The smallest absolute Gasteiger partial charge is 0.338 e. The second kappa shape index (κ2) is 8.21. The van der Waals surface area contributed by atoms with Crippen LogP contribution in [-0.2, 0) is 16.1 Å². The van der Waals surface area contributed by atoms with Crippen molar-refractivity contribution in [1.82, 2.24) is 9.47 Å². The van der Waals surface area contributed by atoms with Gasteiger partial charge in [0.2, 0.25) is 5.91 Å². The fourth-order valence-electron chi connectivity index (χ4n) is 4.43. The first-order valence-electron chi connectivity index (χ1n) is 10.0. The molecule has 4 rings (SSSR count). The van der Waals surface area contributed by atoms with Gasteiger partial charge in [0.05, 0.1) is 18.7 Å². The Morgan fingerprint density at radius 2 is 1.90 bits per heavy atom. The van der Waals surface area contributed by atoms with Gasteiger partial charge in [0.1, 0.15) is 0 Å². The van der Waals surface area contributed by atoms with Crippen molar-refractivity contribution in [3.63, 3.8) is 0 Å². The zero-order valence-electron chi connectivity index (χ0n) is 16.5. The number of piperidine rings is 1. The van der Waals surface area contributed by atoms with Gasteiger partial charge < -0.3 is 14.6 Å². The summed E-state index contributed by atoms with van der Waals surface area (Å²) >= 11 is 0. The fraction of sp³-hybridized carbons (Fsp3) is 0.409. The minimum Gasteiger partial charge on any atom is -0.462 e. The predicted molar refractivity (Wildman–Crippen MR) is 109 cm³/mol. The van der Waals surface area contributed by atoms with Crippen LogP contribution < -0.4 is 10.9 Å². The van der Waals surface area contributed by atoms with E-state index in [1.54, 1.807) is 37.3 Å². The van der Waals surface area contributed by atoms with Gasteiger partial charge in [-0.3, -0.25) is 14.5 Å². The van der Waals surface area contributed by atoms with E-state index in [1.807, 2.05) is 16.7 Å². The maximum absolute atomic E-state index is 12.5. The standard InChI is InChI=1S/C22H25N3O4/c1-2-29-22(28)16-6-8-18(9-7-16)23-20(26)14-24-11-15-10-17(13-24)19-4-3-5-21(27)25(19)12-15/h3-9,15,17H,2,10-14H2,1H3,(H,23,26)/t15-,17-/m0/s1. The lowest BCUT2D eigenvalue weighted by Crippen LogP contribution is -2.49. The third-order valence-electron chi connectivity index (χ3n) is 5.60. The third-order valence-corrected chi connectivity index (χ3v) is 5.60. The van der Waals surface area contributed by atoms with Gasteiger partial charge in [-0.25, -0.2) is 4.79 Å². The highest BCUT2D eigenvalue weighted by atomic mass is 16.5. The number of rotatable bonds is 5. The number of esters is 1. The molecule has 2 aliphatic rings. The highest BCUT2D eigenvalue weighted by molar-refractivity contribution is 5.94. The second-order valence-electron chi connectivity index (χ2n) is 7.74. The Balaban J connectivity index is 1.36. The average molecular weight is 395 g/mol. The summed E-state index contributed by atoms with van der Waals surface area (Å²) in [6, 6.07) is 12.2. The molecule has 1 amide bonds. The average Bonchev–Trinajstić information content (AvgIpc) is 2.69. The zero-order valence-corrected chi connectivity index (χ0v) is 16.5. The molecule has 0 aliphatic carbocycles. The summed E-state index contributed by atoms with van der Waals surface area (Å²) in [7, 11) is 0. The molecule has 7 nitrogen and oxygen atoms in total. The largest absolute Gasteiger partial charge is 0.462 e. The number of aromatic nitrogens is 1. The van der Waals surface area contributed by atoms with E-state index in [2.05, 4.69) is 10.2 Å². The van der Waals surface area contributed by atoms with Gasteiger partial charge in [0, 0.05) is 43.0 Å². The molecule has 1 saturated heterocycles. The van der Waals surface area contributed by atoms with Crippen molar-refractivity contribution in [3.8, 4) is 0 Å². The Morgan fingerprint density at radius 3 is 2.66 bits per heavy atom. The normalized spacial score (nSPS) is 20.6. The SMILES string of the molecule is CCOC(=O)c1ccc(NC(=O)CN2C[C@@H]3C[C@@H](C2)c2cccc(=O)n2C3)cc1. The molecular formula is C22H25N3O4. The Kier molecular flexibility index (Phi) is 5.49. The topological polar surface area (TPSA) is 80.6 Å². The summed E-state index contributed by atoms with van der Waals surface area (Å²) in [6.45, 7) is 4.71. The summed E-state index contributed by atoms with van der Waals surface area (Å²) in [6.07, 6.45) is 1.07. The molecule has 0 radical (unpaired) electrons. The van der Waals surface area contributed by atoms with Crippen molar-refractivity contribution in [3.05, 3.63) is 64.1 Å². The van der Waals surface area contributed by atoms with Crippen molar-refractivity contribution in [2.24, 2.45) is 5.92 Å². The lowest BCUT2D eigenvalue weighted by molar-refractivity contribution is -0.117. The number of amides is 1. The van der Waals surface area contributed by atoms with Crippen LogP contribution in [0.5, 0.6) is 0 Å². The number of nitrogens with zero attached hydrogens (tertiary/aromatic N) is 2. The van der Waals surface area contributed by atoms with Gasteiger partial charge in [0.15, 0.2) is 0 Å². The summed E-state index contributed by atoms with van der Waals surface area (Å²) in [5, 5.41) is 2.89. The Labute approximate surface area is 169 Å². The monoisotopic (exact) mass is 395 g/mol. The van der Waals surface area contributed by atoms with Crippen LogP contribution >= 0.6 is 0 Å². The van der Waals surface area contributed by atoms with E-state index < -0.39 is 0 Å². The lowest BCUT2D eigenvalue weighted by Gasteiger charge is -2.42. The highest BCUT2D eigenvalue weighted by Gasteiger charge is 2.34. The highest BCUT2D eigenvalue weighted by Crippen LogP contribution is 2.34. The summed E-state index contributed by atoms with van der Waals surface area (Å²) in [4.78, 5) is 38.5. The van der Waals surface area contributed by atoms with E-state index in [9.17, 15) is 14.4 Å². The van der Waals surface area contributed by atoms with Gasteiger partial charge >= 0.3 is 5.97 Å². The van der Waals surface area contributed by atoms with Gasteiger partial charge in [-0.05, 0) is 49.6 Å². The van der Waals surface area contributed by atoms with Gasteiger partial charge in [-0.1, -0.05) is 6.07 Å². The molecule has 7 heteroatoms. The molecule has 1 N–H and O–H groups in total. The lowest BCUT2D eigenvalue weighted by atomic mass is 9.83. The quantitative estimate of drug-likeness (QED) is 0.784. The molecule has 0 saturated carbocycles. The number of nitrogens with one attached hydrogen (secondary N) is 1. The van der Waals surface area contributed by atoms with E-state index in [0.717, 1.165) is 31.7 Å². The molecule has 2 bridgehead atoms. The van der Waals surface area contributed by atoms with E-state index >= 15 is 0 Å². The number of ether oxygens (including phenoxy) is 1. The maximum atomic E-state index is 12.5. The minimum atomic E-state index is -0.371. The number of hydrogen-bond donors (Lipinski definition) is 1. The van der Waals surface area contributed by atoms with Gasteiger partial charge in [-0.15, -0.1) is 0 Å². The van der Waals surface area contributed by atoms with Crippen LogP contribution in [0.25, 0.3) is 0 Å². The van der Waals surface area contributed by atoms with E-state index in [4.69, 9.17) is 4.74 Å². The van der Waals surface area contributed by atoms with Crippen molar-refractivity contribution in [2.45, 2.75) is 25.8 Å². The van der Waals surface area contributed by atoms with Crippen molar-refractivity contribution < 1.29 is 14.3 Å². The summed E-state index contributed by atoms with van der Waals surface area (Å²) in [5.74, 6) is 0.218. The zero-order chi connectivity index (χ0) is 20.4. The molecule has 1 aromatic heterocycles. The first-order chi connectivity index (χ1) is 14.0. The number of pyridine rings is 1. The first-order valence-corrected chi connectivity index (χ1v) is 10.0. The van der Waals surface area contributed by atoms with Crippen molar-refractivity contribution in [2.75, 3.05) is 31.6 Å². The first kappa shape index (κ1) is 19.4. The molecule has 2 aromatic rings. The van der Waals surface area contributed by atoms with Crippen LogP contribution in [0.1, 0.15) is 35.3 Å². The Morgan fingerprint density at radius 1 is 1.10 bits per heavy atom. The maximum Gasteiger partial charge on any atom is 0.338 e. The van der Waals surface area contributed by atoms with Gasteiger partial charge in [0.25, 0.3) is 5.56 Å². The number of carbonyl (C=O) groups excluding carboxylic acids is 2. The van der Waals surface area contributed by atoms with Crippen LogP contribution in [0.4, 0.5) is 5.69 Å². The minimum absolute atomic E-state index is 0.0645. The van der Waals surface area contributed by atoms with Crippen LogP contribution in [0.15, 0.2) is 47.3 Å². The van der Waals surface area contributed by atoms with Gasteiger partial charge in [-0.2, -0.15) is 0 Å². The van der Waals surface area contributed by atoms with Crippen LogP contribution in [0.3, 0.4) is 0 Å². The fourth-order valence-corrected chi connectivity index (χ4v) is 4.43. The van der Waals surface area contributed by atoms with E-state index in [-0.39, 0.29) is 23.4 Å². The number of hydrogen-bond acceptors (Lipinski definition) is 5. The molecule has 29 heavy (non-hydrogen) atoms.